The fourth-order valence-corrected chi connectivity index (χ4v) is 1.90. The van der Waals surface area contributed by atoms with Gasteiger partial charge in [0, 0.05) is 19.0 Å². The number of fused-ring (bicyclic) bond motifs is 1. The van der Waals surface area contributed by atoms with Crippen LogP contribution in [0.4, 0.5) is 10.3 Å². The molecule has 0 unspecified atom stereocenters. The number of aromatic nitrogens is 2. The molecular weight excluding hydrogens is 241 g/mol. The van der Waals surface area contributed by atoms with Crippen molar-refractivity contribution in [2.45, 2.75) is 13.3 Å². The zero-order valence-electron chi connectivity index (χ0n) is 9.71. The summed E-state index contributed by atoms with van der Waals surface area (Å²) in [6, 6.07) is 4.56. The second-order valence-corrected chi connectivity index (χ2v) is 4.22. The van der Waals surface area contributed by atoms with Crippen LogP contribution in [0.15, 0.2) is 18.2 Å². The fraction of sp³-hybridized carbons (Fsp3) is 0.417. The molecule has 0 atom stereocenters. The minimum atomic E-state index is -0.253. The van der Waals surface area contributed by atoms with Crippen molar-refractivity contribution in [3.8, 4) is 0 Å². The van der Waals surface area contributed by atoms with Crippen molar-refractivity contribution in [2.24, 2.45) is 0 Å². The van der Waals surface area contributed by atoms with Gasteiger partial charge in [0.1, 0.15) is 5.82 Å². The van der Waals surface area contributed by atoms with Gasteiger partial charge in [-0.2, -0.15) is 0 Å². The van der Waals surface area contributed by atoms with E-state index in [0.29, 0.717) is 5.88 Å². The first-order chi connectivity index (χ1) is 8.24. The van der Waals surface area contributed by atoms with Gasteiger partial charge in [-0.25, -0.2) is 9.37 Å². The molecular formula is C12H15ClFN3. The largest absolute Gasteiger partial charge is 0.343 e. The van der Waals surface area contributed by atoms with Gasteiger partial charge in [-0.05, 0) is 31.5 Å². The molecule has 0 saturated carbocycles. The molecule has 0 fully saturated rings. The molecule has 17 heavy (non-hydrogen) atoms. The lowest BCUT2D eigenvalue weighted by atomic mass is 10.3. The SMILES string of the molecule is CCN(CCCCl)c1nc2ccc(F)cc2[nH]1. The van der Waals surface area contributed by atoms with Gasteiger partial charge in [0.2, 0.25) is 5.95 Å². The zero-order chi connectivity index (χ0) is 12.3. The number of rotatable bonds is 5. The quantitative estimate of drug-likeness (QED) is 0.833. The predicted molar refractivity (Wildman–Crippen MR) is 69.3 cm³/mol. The molecule has 1 aromatic carbocycles. The van der Waals surface area contributed by atoms with Crippen molar-refractivity contribution >= 4 is 28.6 Å². The Balaban J connectivity index is 2.27. The fourth-order valence-electron chi connectivity index (χ4n) is 1.78. The number of nitrogens with one attached hydrogen (secondary N) is 1. The number of hydrogen-bond donors (Lipinski definition) is 1. The van der Waals surface area contributed by atoms with Gasteiger partial charge in [-0.15, -0.1) is 11.6 Å². The third-order valence-electron chi connectivity index (χ3n) is 2.67. The first-order valence-corrected chi connectivity index (χ1v) is 6.24. The molecule has 0 spiro atoms. The van der Waals surface area contributed by atoms with E-state index < -0.39 is 0 Å². The Bertz CT molecular complexity index is 497. The van der Waals surface area contributed by atoms with E-state index in [1.807, 2.05) is 0 Å². The summed E-state index contributed by atoms with van der Waals surface area (Å²) in [5, 5.41) is 0. The van der Waals surface area contributed by atoms with Crippen LogP contribution in [0.2, 0.25) is 0 Å². The summed E-state index contributed by atoms with van der Waals surface area (Å²) in [5.41, 5.74) is 1.51. The van der Waals surface area contributed by atoms with E-state index in [-0.39, 0.29) is 5.82 Å². The second kappa shape index (κ2) is 5.36. The van der Waals surface area contributed by atoms with E-state index in [0.717, 1.165) is 36.5 Å². The minimum Gasteiger partial charge on any atom is -0.343 e. The standard InChI is InChI=1S/C12H15ClFN3/c1-2-17(7-3-6-13)12-15-10-5-4-9(14)8-11(10)16-12/h4-5,8H,2-3,6-7H2,1H3,(H,15,16). The highest BCUT2D eigenvalue weighted by Crippen LogP contribution is 2.18. The van der Waals surface area contributed by atoms with Gasteiger partial charge in [0.05, 0.1) is 11.0 Å². The number of H-pyrrole nitrogens is 1. The Morgan fingerprint density at radius 2 is 2.29 bits per heavy atom. The minimum absolute atomic E-state index is 0.253. The van der Waals surface area contributed by atoms with Crippen molar-refractivity contribution in [1.82, 2.24) is 9.97 Å². The normalized spacial score (nSPS) is 11.0. The Morgan fingerprint density at radius 1 is 1.47 bits per heavy atom. The average Bonchev–Trinajstić information content (AvgIpc) is 2.72. The highest BCUT2D eigenvalue weighted by atomic mass is 35.5. The van der Waals surface area contributed by atoms with Gasteiger partial charge in [0.25, 0.3) is 0 Å². The molecule has 2 aromatic rings. The van der Waals surface area contributed by atoms with Crippen LogP contribution in [-0.2, 0) is 0 Å². The van der Waals surface area contributed by atoms with E-state index in [1.165, 1.54) is 12.1 Å². The Labute approximate surface area is 105 Å². The van der Waals surface area contributed by atoms with Gasteiger partial charge in [0.15, 0.2) is 0 Å². The van der Waals surface area contributed by atoms with E-state index in [9.17, 15) is 4.39 Å². The Morgan fingerprint density at radius 3 is 3.00 bits per heavy atom. The summed E-state index contributed by atoms with van der Waals surface area (Å²) in [4.78, 5) is 9.66. The van der Waals surface area contributed by atoms with E-state index in [2.05, 4.69) is 21.8 Å². The van der Waals surface area contributed by atoms with E-state index in [1.54, 1.807) is 6.07 Å². The van der Waals surface area contributed by atoms with Crippen molar-refractivity contribution in [3.05, 3.63) is 24.0 Å². The van der Waals surface area contributed by atoms with E-state index >= 15 is 0 Å². The summed E-state index contributed by atoms with van der Waals surface area (Å²) in [5.74, 6) is 1.15. The molecule has 3 nitrogen and oxygen atoms in total. The number of benzene rings is 1. The van der Waals surface area contributed by atoms with Crippen LogP contribution in [0.3, 0.4) is 0 Å². The number of anilines is 1. The topological polar surface area (TPSA) is 31.9 Å². The molecule has 5 heteroatoms. The van der Waals surface area contributed by atoms with Crippen molar-refractivity contribution in [2.75, 3.05) is 23.9 Å². The van der Waals surface area contributed by atoms with Gasteiger partial charge in [-0.3, -0.25) is 0 Å². The lowest BCUT2D eigenvalue weighted by Crippen LogP contribution is -2.25. The third-order valence-corrected chi connectivity index (χ3v) is 2.94. The number of aromatic amines is 1. The molecule has 0 radical (unpaired) electrons. The molecule has 1 heterocycles. The molecule has 0 bridgehead atoms. The molecule has 0 aliphatic heterocycles. The number of alkyl halides is 1. The molecule has 1 N–H and O–H groups in total. The van der Waals surface area contributed by atoms with Crippen molar-refractivity contribution in [3.63, 3.8) is 0 Å². The van der Waals surface area contributed by atoms with Gasteiger partial charge in [-0.1, -0.05) is 0 Å². The number of halogens is 2. The van der Waals surface area contributed by atoms with Crippen LogP contribution in [-0.4, -0.2) is 28.9 Å². The molecule has 0 saturated heterocycles. The maximum Gasteiger partial charge on any atom is 0.203 e. The highest BCUT2D eigenvalue weighted by molar-refractivity contribution is 6.17. The second-order valence-electron chi connectivity index (χ2n) is 3.84. The van der Waals surface area contributed by atoms with Crippen LogP contribution in [0, 0.1) is 5.82 Å². The van der Waals surface area contributed by atoms with Crippen LogP contribution in [0.5, 0.6) is 0 Å². The smallest absolute Gasteiger partial charge is 0.203 e. The molecule has 2 rings (SSSR count). The predicted octanol–water partition coefficient (Wildman–Crippen LogP) is 3.16. The van der Waals surface area contributed by atoms with Gasteiger partial charge >= 0.3 is 0 Å². The first kappa shape index (κ1) is 12.2. The summed E-state index contributed by atoms with van der Waals surface area (Å²) >= 11 is 5.68. The number of nitrogens with zero attached hydrogens (tertiary/aromatic N) is 2. The van der Waals surface area contributed by atoms with Crippen molar-refractivity contribution < 1.29 is 4.39 Å². The number of hydrogen-bond acceptors (Lipinski definition) is 2. The average molecular weight is 256 g/mol. The molecule has 0 amide bonds. The van der Waals surface area contributed by atoms with Crippen LogP contribution in [0.25, 0.3) is 11.0 Å². The van der Waals surface area contributed by atoms with Crippen LogP contribution >= 0.6 is 11.6 Å². The summed E-state index contributed by atoms with van der Waals surface area (Å²) in [7, 11) is 0. The Kier molecular flexibility index (Phi) is 3.84. The maximum absolute atomic E-state index is 13.1. The molecule has 92 valence electrons. The first-order valence-electron chi connectivity index (χ1n) is 5.70. The maximum atomic E-state index is 13.1. The molecule has 0 aliphatic carbocycles. The van der Waals surface area contributed by atoms with Gasteiger partial charge < -0.3 is 9.88 Å². The summed E-state index contributed by atoms with van der Waals surface area (Å²) in [6.45, 7) is 3.75. The monoisotopic (exact) mass is 255 g/mol. The van der Waals surface area contributed by atoms with Crippen LogP contribution < -0.4 is 4.90 Å². The highest BCUT2D eigenvalue weighted by Gasteiger charge is 2.09. The van der Waals surface area contributed by atoms with E-state index in [4.69, 9.17) is 11.6 Å². The van der Waals surface area contributed by atoms with Crippen LogP contribution in [0.1, 0.15) is 13.3 Å². The Hall–Kier alpha value is -1.29. The lowest BCUT2D eigenvalue weighted by molar-refractivity contribution is 0.629. The summed E-state index contributed by atoms with van der Waals surface area (Å²) in [6.07, 6.45) is 0.904. The molecule has 0 aliphatic rings. The number of imidazole rings is 1. The van der Waals surface area contributed by atoms with Crippen molar-refractivity contribution in [1.29, 1.82) is 0 Å². The zero-order valence-corrected chi connectivity index (χ0v) is 10.5. The summed E-state index contributed by atoms with van der Waals surface area (Å²) < 4.78 is 13.1. The lowest BCUT2D eigenvalue weighted by Gasteiger charge is -2.18. The third kappa shape index (κ3) is 2.69. The molecule has 1 aromatic heterocycles.